The van der Waals surface area contributed by atoms with Gasteiger partial charge in [0.15, 0.2) is 0 Å². The molecule has 7 heteroatoms. The van der Waals surface area contributed by atoms with Crippen LogP contribution < -0.4 is 20.3 Å². The van der Waals surface area contributed by atoms with E-state index in [9.17, 15) is 9.59 Å². The minimum Gasteiger partial charge on any atom is -0.494 e. The van der Waals surface area contributed by atoms with Crippen LogP contribution in [0, 0.1) is 0 Å². The Morgan fingerprint density at radius 3 is 2.88 bits per heavy atom. The van der Waals surface area contributed by atoms with E-state index in [1.54, 1.807) is 36.4 Å². The summed E-state index contributed by atoms with van der Waals surface area (Å²) in [6, 6.07) is 10.4. The molecule has 3 rings (SSSR count). The van der Waals surface area contributed by atoms with Gasteiger partial charge in [0.25, 0.3) is 0 Å². The van der Waals surface area contributed by atoms with E-state index in [0.717, 1.165) is 17.8 Å². The molecule has 130 valence electrons. The molecular formula is C18H20N4O3. The van der Waals surface area contributed by atoms with Crippen LogP contribution in [0.5, 0.6) is 5.75 Å². The van der Waals surface area contributed by atoms with Gasteiger partial charge >= 0.3 is 6.03 Å². The van der Waals surface area contributed by atoms with Gasteiger partial charge in [0.2, 0.25) is 5.91 Å². The normalized spacial score (nSPS) is 13.6. The predicted octanol–water partition coefficient (Wildman–Crippen LogP) is 2.54. The number of carbonyl (C=O) groups excluding carboxylic acids is 2. The van der Waals surface area contributed by atoms with E-state index in [2.05, 4.69) is 15.6 Å². The molecule has 1 aliphatic heterocycles. The molecule has 2 N–H and O–H groups in total. The third-order valence-electron chi connectivity index (χ3n) is 3.96. The number of pyridine rings is 1. The number of methoxy groups -OCH3 is 1. The van der Waals surface area contributed by atoms with Crippen LogP contribution in [0.15, 0.2) is 42.6 Å². The zero-order chi connectivity index (χ0) is 17.6. The van der Waals surface area contributed by atoms with Crippen molar-refractivity contribution in [2.45, 2.75) is 19.4 Å². The van der Waals surface area contributed by atoms with Crippen molar-refractivity contribution in [3.63, 3.8) is 0 Å². The molecule has 0 spiro atoms. The van der Waals surface area contributed by atoms with Crippen LogP contribution in [0.1, 0.15) is 18.5 Å². The molecule has 1 saturated heterocycles. The molecule has 0 saturated carbocycles. The molecule has 2 heterocycles. The number of hydrogen-bond acceptors (Lipinski definition) is 4. The van der Waals surface area contributed by atoms with Crippen LogP contribution in [-0.4, -0.2) is 30.6 Å². The Morgan fingerprint density at radius 2 is 2.20 bits per heavy atom. The van der Waals surface area contributed by atoms with Crippen molar-refractivity contribution in [3.8, 4) is 5.75 Å². The SMILES string of the molecule is COc1cc(NC(=O)NCc2ccccn2)ccc1N1CCCC1=O. The number of nitrogens with one attached hydrogen (secondary N) is 2. The number of benzene rings is 1. The number of carbonyl (C=O) groups is 2. The van der Waals surface area contributed by atoms with E-state index in [1.165, 1.54) is 0 Å². The van der Waals surface area contributed by atoms with Crippen LogP contribution in [-0.2, 0) is 11.3 Å². The highest BCUT2D eigenvalue weighted by molar-refractivity contribution is 5.97. The van der Waals surface area contributed by atoms with Crippen LogP contribution in [0.2, 0.25) is 0 Å². The number of rotatable bonds is 5. The second-order valence-corrected chi connectivity index (χ2v) is 5.66. The van der Waals surface area contributed by atoms with Gasteiger partial charge in [-0.25, -0.2) is 4.79 Å². The molecular weight excluding hydrogens is 320 g/mol. The Balaban J connectivity index is 1.64. The maximum Gasteiger partial charge on any atom is 0.319 e. The molecule has 1 aliphatic rings. The highest BCUT2D eigenvalue weighted by atomic mass is 16.5. The van der Waals surface area contributed by atoms with Gasteiger partial charge in [0, 0.05) is 30.9 Å². The third-order valence-corrected chi connectivity index (χ3v) is 3.96. The molecule has 25 heavy (non-hydrogen) atoms. The van der Waals surface area contributed by atoms with Gasteiger partial charge in [-0.15, -0.1) is 0 Å². The van der Waals surface area contributed by atoms with Crippen molar-refractivity contribution in [2.75, 3.05) is 23.9 Å². The number of aromatic nitrogens is 1. The van der Waals surface area contributed by atoms with Gasteiger partial charge in [-0.3, -0.25) is 9.78 Å². The summed E-state index contributed by atoms with van der Waals surface area (Å²) in [6.45, 7) is 1.02. The Bertz CT molecular complexity index is 764. The van der Waals surface area contributed by atoms with Crippen molar-refractivity contribution in [2.24, 2.45) is 0 Å². The highest BCUT2D eigenvalue weighted by Crippen LogP contribution is 2.33. The smallest absolute Gasteiger partial charge is 0.319 e. The van der Waals surface area contributed by atoms with E-state index in [4.69, 9.17) is 4.74 Å². The Hall–Kier alpha value is -3.09. The summed E-state index contributed by atoms with van der Waals surface area (Å²) in [5.41, 5.74) is 2.09. The summed E-state index contributed by atoms with van der Waals surface area (Å²) in [6.07, 6.45) is 3.08. The summed E-state index contributed by atoms with van der Waals surface area (Å²) < 4.78 is 5.38. The number of nitrogens with zero attached hydrogens (tertiary/aromatic N) is 2. The lowest BCUT2D eigenvalue weighted by atomic mass is 10.2. The summed E-state index contributed by atoms with van der Waals surface area (Å²) >= 11 is 0. The first-order valence-electron chi connectivity index (χ1n) is 8.10. The summed E-state index contributed by atoms with van der Waals surface area (Å²) in [7, 11) is 1.55. The Kier molecular flexibility index (Phi) is 5.13. The van der Waals surface area contributed by atoms with E-state index >= 15 is 0 Å². The maximum absolute atomic E-state index is 12.0. The highest BCUT2D eigenvalue weighted by Gasteiger charge is 2.24. The number of urea groups is 1. The predicted molar refractivity (Wildman–Crippen MR) is 94.7 cm³/mol. The maximum atomic E-state index is 12.0. The lowest BCUT2D eigenvalue weighted by Crippen LogP contribution is -2.28. The zero-order valence-electron chi connectivity index (χ0n) is 14.0. The molecule has 3 amide bonds. The van der Waals surface area contributed by atoms with Gasteiger partial charge in [-0.2, -0.15) is 0 Å². The fraction of sp³-hybridized carbons (Fsp3) is 0.278. The third kappa shape index (κ3) is 4.06. The zero-order valence-corrected chi connectivity index (χ0v) is 14.0. The summed E-state index contributed by atoms with van der Waals surface area (Å²) in [5, 5.41) is 5.50. The summed E-state index contributed by atoms with van der Waals surface area (Å²) in [4.78, 5) is 29.8. The average molecular weight is 340 g/mol. The molecule has 0 unspecified atom stereocenters. The molecule has 0 aliphatic carbocycles. The monoisotopic (exact) mass is 340 g/mol. The molecule has 2 aromatic rings. The number of hydrogen-bond donors (Lipinski definition) is 2. The first-order valence-corrected chi connectivity index (χ1v) is 8.10. The first kappa shape index (κ1) is 16.8. The van der Waals surface area contributed by atoms with Crippen LogP contribution >= 0.6 is 0 Å². The number of anilines is 2. The van der Waals surface area contributed by atoms with Crippen molar-refractivity contribution >= 4 is 23.3 Å². The molecule has 1 aromatic heterocycles. The standard InChI is InChI=1S/C18H20N4O3/c1-25-16-11-13(7-8-15(16)22-10-4-6-17(22)23)21-18(24)20-12-14-5-2-3-9-19-14/h2-3,5,7-9,11H,4,6,10,12H2,1H3,(H2,20,21,24). The molecule has 1 fully saturated rings. The van der Waals surface area contributed by atoms with E-state index in [-0.39, 0.29) is 11.9 Å². The first-order chi connectivity index (χ1) is 12.2. The van der Waals surface area contributed by atoms with Crippen LogP contribution in [0.25, 0.3) is 0 Å². The van der Waals surface area contributed by atoms with Crippen molar-refractivity contribution in [1.82, 2.24) is 10.3 Å². The van der Waals surface area contributed by atoms with Gasteiger partial charge in [-0.05, 0) is 30.7 Å². The molecule has 0 atom stereocenters. The molecule has 0 bridgehead atoms. The lowest BCUT2D eigenvalue weighted by Gasteiger charge is -2.19. The lowest BCUT2D eigenvalue weighted by molar-refractivity contribution is -0.117. The molecule has 0 radical (unpaired) electrons. The van der Waals surface area contributed by atoms with Crippen LogP contribution in [0.4, 0.5) is 16.2 Å². The topological polar surface area (TPSA) is 83.6 Å². The van der Waals surface area contributed by atoms with Gasteiger partial charge in [0.1, 0.15) is 5.75 Å². The Morgan fingerprint density at radius 1 is 1.32 bits per heavy atom. The minimum absolute atomic E-state index is 0.0899. The van der Waals surface area contributed by atoms with E-state index in [0.29, 0.717) is 30.9 Å². The van der Waals surface area contributed by atoms with E-state index in [1.807, 2.05) is 18.2 Å². The average Bonchev–Trinajstić information content (AvgIpc) is 3.06. The second kappa shape index (κ2) is 7.65. The van der Waals surface area contributed by atoms with Gasteiger partial charge in [-0.1, -0.05) is 6.07 Å². The fourth-order valence-electron chi connectivity index (χ4n) is 2.73. The van der Waals surface area contributed by atoms with Crippen molar-refractivity contribution < 1.29 is 14.3 Å². The van der Waals surface area contributed by atoms with Gasteiger partial charge < -0.3 is 20.3 Å². The van der Waals surface area contributed by atoms with Crippen molar-refractivity contribution in [3.05, 3.63) is 48.3 Å². The minimum atomic E-state index is -0.335. The van der Waals surface area contributed by atoms with Crippen LogP contribution in [0.3, 0.4) is 0 Å². The largest absolute Gasteiger partial charge is 0.494 e. The van der Waals surface area contributed by atoms with E-state index < -0.39 is 0 Å². The summed E-state index contributed by atoms with van der Waals surface area (Å²) in [5.74, 6) is 0.643. The quantitative estimate of drug-likeness (QED) is 0.876. The molecule has 1 aromatic carbocycles. The Labute approximate surface area is 146 Å². The second-order valence-electron chi connectivity index (χ2n) is 5.66. The number of ether oxygens (including phenoxy) is 1. The number of amides is 3. The van der Waals surface area contributed by atoms with Gasteiger partial charge in [0.05, 0.1) is 25.0 Å². The van der Waals surface area contributed by atoms with Crippen molar-refractivity contribution in [1.29, 1.82) is 0 Å². The molecule has 7 nitrogen and oxygen atoms in total. The fourth-order valence-corrected chi connectivity index (χ4v) is 2.73.